The lowest BCUT2D eigenvalue weighted by Gasteiger charge is -1.90. The second-order valence-electron chi connectivity index (χ2n) is 1.35. The van der Waals surface area contributed by atoms with Crippen LogP contribution in [-0.2, 0) is 4.65 Å². The van der Waals surface area contributed by atoms with Gasteiger partial charge in [0.1, 0.15) is 0 Å². The number of imidazole rings is 1. The Morgan fingerprint density at radius 3 is 3.12 bits per heavy atom. The van der Waals surface area contributed by atoms with Crippen LogP contribution >= 0.6 is 0 Å². The molecular weight excluding hydrogens is 103 g/mol. The molecule has 0 bridgehead atoms. The van der Waals surface area contributed by atoms with Gasteiger partial charge >= 0.3 is 7.62 Å². The third-order valence-electron chi connectivity index (χ3n) is 0.752. The minimum atomic E-state index is 1.56. The topological polar surface area (TPSA) is 27.1 Å². The molecule has 0 aromatic carbocycles. The fourth-order valence-corrected chi connectivity index (χ4v) is 0.453. The summed E-state index contributed by atoms with van der Waals surface area (Å²) in [5.74, 6) is 0. The van der Waals surface area contributed by atoms with Crippen molar-refractivity contribution in [1.82, 2.24) is 9.46 Å². The van der Waals surface area contributed by atoms with Crippen molar-refractivity contribution in [2.75, 3.05) is 7.11 Å². The number of nitrogens with zero attached hydrogens (tertiary/aromatic N) is 2. The van der Waals surface area contributed by atoms with Crippen molar-refractivity contribution < 1.29 is 4.65 Å². The summed E-state index contributed by atoms with van der Waals surface area (Å²) in [4.78, 5) is 3.79. The average molecular weight is 109 g/mol. The van der Waals surface area contributed by atoms with E-state index >= 15 is 0 Å². The van der Waals surface area contributed by atoms with Crippen LogP contribution in [0.15, 0.2) is 18.7 Å². The Balaban J connectivity index is 2.50. The maximum absolute atomic E-state index is 4.68. The Morgan fingerprint density at radius 2 is 2.62 bits per heavy atom. The van der Waals surface area contributed by atoms with Crippen LogP contribution in [-0.4, -0.2) is 24.2 Å². The largest absolute Gasteiger partial charge is 0.444 e. The van der Waals surface area contributed by atoms with Gasteiger partial charge in [0, 0.05) is 19.5 Å². The summed E-state index contributed by atoms with van der Waals surface area (Å²) in [6, 6.07) is 0. The molecule has 0 atom stereocenters. The minimum absolute atomic E-state index is 1.56. The summed E-state index contributed by atoms with van der Waals surface area (Å²) in [5.41, 5.74) is 0. The predicted molar refractivity (Wildman–Crippen MR) is 30.4 cm³/mol. The van der Waals surface area contributed by atoms with Gasteiger partial charge in [-0.1, -0.05) is 0 Å². The molecule has 0 amide bonds. The molecule has 8 heavy (non-hydrogen) atoms. The van der Waals surface area contributed by atoms with E-state index in [9.17, 15) is 0 Å². The monoisotopic (exact) mass is 109 g/mol. The number of hydrogen-bond acceptors (Lipinski definition) is 2. The first-order chi connectivity index (χ1) is 3.93. The zero-order valence-electron chi connectivity index (χ0n) is 4.61. The average Bonchev–Trinajstić information content (AvgIpc) is 2.19. The van der Waals surface area contributed by atoms with Crippen LogP contribution in [0.4, 0.5) is 0 Å². The minimum Gasteiger partial charge on any atom is -0.421 e. The first kappa shape index (κ1) is 5.37. The van der Waals surface area contributed by atoms with Crippen LogP contribution < -0.4 is 0 Å². The van der Waals surface area contributed by atoms with Crippen molar-refractivity contribution in [3.05, 3.63) is 18.7 Å². The molecule has 1 aromatic heterocycles. The molecule has 0 spiro atoms. The van der Waals surface area contributed by atoms with Crippen LogP contribution in [0.1, 0.15) is 0 Å². The van der Waals surface area contributed by atoms with Gasteiger partial charge in [0.05, 0.1) is 6.33 Å². The van der Waals surface area contributed by atoms with E-state index in [1.54, 1.807) is 37.9 Å². The van der Waals surface area contributed by atoms with E-state index in [1.165, 1.54) is 0 Å². The molecule has 0 aliphatic carbocycles. The molecule has 41 valence electrons. The molecule has 0 N–H and O–H groups in total. The van der Waals surface area contributed by atoms with Crippen molar-refractivity contribution in [3.63, 3.8) is 0 Å². The van der Waals surface area contributed by atoms with Crippen LogP contribution in [0.25, 0.3) is 0 Å². The van der Waals surface area contributed by atoms with Gasteiger partial charge in [-0.2, -0.15) is 0 Å². The lowest BCUT2D eigenvalue weighted by molar-refractivity contribution is 0.434. The van der Waals surface area contributed by atoms with Crippen molar-refractivity contribution in [2.45, 2.75) is 0 Å². The smallest absolute Gasteiger partial charge is 0.421 e. The second-order valence-corrected chi connectivity index (χ2v) is 1.35. The van der Waals surface area contributed by atoms with Gasteiger partial charge in [0.2, 0.25) is 0 Å². The standard InChI is InChI=1S/C4H6BN2O/c1-8-5-7-3-2-6-4-7/h2-4H,1H3. The van der Waals surface area contributed by atoms with E-state index in [2.05, 4.69) is 9.64 Å². The van der Waals surface area contributed by atoms with Crippen LogP contribution in [0.5, 0.6) is 0 Å². The van der Waals surface area contributed by atoms with Crippen LogP contribution in [0.2, 0.25) is 0 Å². The normalized spacial score (nSPS) is 9.12. The predicted octanol–water partition coefficient (Wildman–Crippen LogP) is -0.0882. The molecule has 0 aliphatic rings. The van der Waals surface area contributed by atoms with Crippen molar-refractivity contribution >= 4 is 7.62 Å². The van der Waals surface area contributed by atoms with Gasteiger partial charge in [-0.15, -0.1) is 0 Å². The molecule has 0 saturated heterocycles. The maximum atomic E-state index is 4.68. The molecule has 4 heteroatoms. The maximum Gasteiger partial charge on any atom is 0.444 e. The SMILES string of the molecule is CO[B]n1ccnc1. The number of hydrogen-bond donors (Lipinski definition) is 0. The Bertz CT molecular complexity index is 140. The van der Waals surface area contributed by atoms with Crippen molar-refractivity contribution in [3.8, 4) is 0 Å². The Kier molecular flexibility index (Phi) is 1.69. The molecule has 1 heterocycles. The molecule has 1 rings (SSSR count). The lowest BCUT2D eigenvalue weighted by Crippen LogP contribution is -2.04. The van der Waals surface area contributed by atoms with Gasteiger partial charge in [-0.25, -0.2) is 4.98 Å². The fraction of sp³-hybridized carbons (Fsp3) is 0.250. The van der Waals surface area contributed by atoms with Gasteiger partial charge in [-0.05, 0) is 0 Å². The summed E-state index contributed by atoms with van der Waals surface area (Å²) in [6.45, 7) is 0. The Labute approximate surface area is 48.6 Å². The van der Waals surface area contributed by atoms with Gasteiger partial charge in [0.25, 0.3) is 0 Å². The van der Waals surface area contributed by atoms with E-state index in [-0.39, 0.29) is 0 Å². The zero-order chi connectivity index (χ0) is 5.82. The fourth-order valence-electron chi connectivity index (χ4n) is 0.453. The zero-order valence-corrected chi connectivity index (χ0v) is 4.61. The molecule has 0 fully saturated rings. The van der Waals surface area contributed by atoms with E-state index in [0.29, 0.717) is 0 Å². The summed E-state index contributed by atoms with van der Waals surface area (Å²) in [7, 11) is 3.16. The van der Waals surface area contributed by atoms with Gasteiger partial charge in [-0.3, -0.25) is 0 Å². The molecule has 0 unspecified atom stereocenters. The Hall–Kier alpha value is -0.765. The molecule has 1 radical (unpaired) electrons. The summed E-state index contributed by atoms with van der Waals surface area (Å²) >= 11 is 0. The van der Waals surface area contributed by atoms with E-state index in [4.69, 9.17) is 0 Å². The molecule has 1 aromatic rings. The highest BCUT2D eigenvalue weighted by molar-refractivity contribution is 6.24. The second kappa shape index (κ2) is 2.52. The van der Waals surface area contributed by atoms with Crippen LogP contribution in [0, 0.1) is 0 Å². The van der Waals surface area contributed by atoms with E-state index in [0.717, 1.165) is 0 Å². The third kappa shape index (κ3) is 1.10. The highest BCUT2D eigenvalue weighted by Crippen LogP contribution is 1.78. The summed E-state index contributed by atoms with van der Waals surface area (Å²) < 4.78 is 6.41. The molecule has 0 saturated carbocycles. The highest BCUT2D eigenvalue weighted by atomic mass is 16.4. The van der Waals surface area contributed by atoms with Gasteiger partial charge < -0.3 is 9.13 Å². The summed E-state index contributed by atoms with van der Waals surface area (Å²) in [5, 5.41) is 0. The van der Waals surface area contributed by atoms with Gasteiger partial charge in [0.15, 0.2) is 0 Å². The van der Waals surface area contributed by atoms with Crippen molar-refractivity contribution in [2.24, 2.45) is 0 Å². The highest BCUT2D eigenvalue weighted by Gasteiger charge is 1.88. The molecular formula is C4H6BN2O. The number of rotatable bonds is 2. The third-order valence-corrected chi connectivity index (χ3v) is 0.752. The molecule has 0 aliphatic heterocycles. The first-order valence-electron chi connectivity index (χ1n) is 2.27. The summed E-state index contributed by atoms with van der Waals surface area (Å²) in [6.07, 6.45) is 5.14. The van der Waals surface area contributed by atoms with Crippen LogP contribution in [0.3, 0.4) is 0 Å². The van der Waals surface area contributed by atoms with Crippen molar-refractivity contribution in [1.29, 1.82) is 0 Å². The van der Waals surface area contributed by atoms with E-state index in [1.807, 2.05) is 0 Å². The molecule has 3 nitrogen and oxygen atoms in total. The number of aromatic nitrogens is 2. The van der Waals surface area contributed by atoms with E-state index < -0.39 is 0 Å². The lowest BCUT2D eigenvalue weighted by atomic mass is 10.3. The first-order valence-corrected chi connectivity index (χ1v) is 2.27. The quantitative estimate of drug-likeness (QED) is 0.496. The Morgan fingerprint density at radius 1 is 1.75 bits per heavy atom.